The molecule has 1 amide bonds. The molecule has 6 heteroatoms. The molecule has 2 aliphatic rings. The fourth-order valence-electron chi connectivity index (χ4n) is 4.12. The summed E-state index contributed by atoms with van der Waals surface area (Å²) >= 11 is 0. The van der Waals surface area contributed by atoms with Crippen molar-refractivity contribution in [2.75, 3.05) is 31.9 Å². The van der Waals surface area contributed by atoms with Crippen LogP contribution >= 0.6 is 0 Å². The molecule has 0 N–H and O–H groups in total. The van der Waals surface area contributed by atoms with Gasteiger partial charge < -0.3 is 4.90 Å². The minimum Gasteiger partial charge on any atom is -0.342 e. The molecule has 1 atom stereocenters. The van der Waals surface area contributed by atoms with E-state index in [1.807, 2.05) is 23.1 Å². The van der Waals surface area contributed by atoms with Crippen LogP contribution in [0.1, 0.15) is 38.2 Å². The third-order valence-electron chi connectivity index (χ3n) is 5.64. The SMILES string of the molecule is CCS(=O)(=O)N1CC[C@@]2(CCCN(CCCc3ccccc3)C2=O)C1. The Morgan fingerprint density at radius 3 is 2.60 bits per heavy atom. The van der Waals surface area contributed by atoms with Gasteiger partial charge in [0, 0.05) is 26.2 Å². The number of rotatable bonds is 6. The molecule has 0 aromatic heterocycles. The number of aryl methyl sites for hydroxylation is 1. The van der Waals surface area contributed by atoms with Gasteiger partial charge in [0.05, 0.1) is 11.2 Å². The number of hydrogen-bond acceptors (Lipinski definition) is 3. The Kier molecular flexibility index (Phi) is 5.49. The van der Waals surface area contributed by atoms with Gasteiger partial charge in [0.25, 0.3) is 0 Å². The first-order chi connectivity index (χ1) is 12.0. The lowest BCUT2D eigenvalue weighted by atomic mass is 9.78. The molecular weight excluding hydrogens is 336 g/mol. The molecular formula is C19H28N2O3S. The van der Waals surface area contributed by atoms with Crippen molar-refractivity contribution in [3.8, 4) is 0 Å². The summed E-state index contributed by atoms with van der Waals surface area (Å²) in [6, 6.07) is 10.3. The third-order valence-corrected chi connectivity index (χ3v) is 7.47. The molecule has 2 heterocycles. The van der Waals surface area contributed by atoms with E-state index >= 15 is 0 Å². The van der Waals surface area contributed by atoms with Crippen molar-refractivity contribution in [3.63, 3.8) is 0 Å². The molecule has 1 aromatic carbocycles. The predicted molar refractivity (Wildman–Crippen MR) is 98.7 cm³/mol. The summed E-state index contributed by atoms with van der Waals surface area (Å²) in [5.74, 6) is 0.276. The second kappa shape index (κ2) is 7.46. The molecule has 0 saturated carbocycles. The fourth-order valence-corrected chi connectivity index (χ4v) is 5.30. The maximum absolute atomic E-state index is 13.1. The average molecular weight is 365 g/mol. The van der Waals surface area contributed by atoms with E-state index in [9.17, 15) is 13.2 Å². The summed E-state index contributed by atoms with van der Waals surface area (Å²) in [5.41, 5.74) is 0.815. The Bertz CT molecular complexity index is 705. The molecule has 2 aliphatic heterocycles. The Morgan fingerprint density at radius 2 is 1.88 bits per heavy atom. The lowest BCUT2D eigenvalue weighted by Gasteiger charge is -2.39. The van der Waals surface area contributed by atoms with E-state index in [0.717, 1.165) is 38.8 Å². The first kappa shape index (κ1) is 18.4. The first-order valence-corrected chi connectivity index (χ1v) is 10.9. The fraction of sp³-hybridized carbons (Fsp3) is 0.632. The zero-order chi connectivity index (χ0) is 17.9. The maximum atomic E-state index is 13.1. The van der Waals surface area contributed by atoms with Crippen LogP contribution in [0.25, 0.3) is 0 Å². The second-order valence-electron chi connectivity index (χ2n) is 7.25. The summed E-state index contributed by atoms with van der Waals surface area (Å²) in [7, 11) is -3.20. The summed E-state index contributed by atoms with van der Waals surface area (Å²) in [6.45, 7) is 4.09. The van der Waals surface area contributed by atoms with Gasteiger partial charge in [0.15, 0.2) is 0 Å². The van der Waals surface area contributed by atoms with Crippen LogP contribution in [0.4, 0.5) is 0 Å². The van der Waals surface area contributed by atoms with Gasteiger partial charge in [-0.05, 0) is 44.6 Å². The number of nitrogens with zero attached hydrogens (tertiary/aromatic N) is 2. The molecule has 3 rings (SSSR count). The van der Waals surface area contributed by atoms with Crippen molar-refractivity contribution in [2.45, 2.75) is 39.0 Å². The molecule has 25 heavy (non-hydrogen) atoms. The number of likely N-dealkylation sites (tertiary alicyclic amines) is 1. The van der Waals surface area contributed by atoms with E-state index in [4.69, 9.17) is 0 Å². The van der Waals surface area contributed by atoms with E-state index < -0.39 is 15.4 Å². The van der Waals surface area contributed by atoms with Crippen LogP contribution < -0.4 is 0 Å². The highest BCUT2D eigenvalue weighted by atomic mass is 32.2. The highest BCUT2D eigenvalue weighted by molar-refractivity contribution is 7.89. The van der Waals surface area contributed by atoms with Crippen LogP contribution in [0.2, 0.25) is 0 Å². The van der Waals surface area contributed by atoms with Gasteiger partial charge in [0.1, 0.15) is 0 Å². The molecule has 138 valence electrons. The number of carbonyl (C=O) groups is 1. The first-order valence-electron chi connectivity index (χ1n) is 9.28. The third kappa shape index (κ3) is 3.90. The van der Waals surface area contributed by atoms with Crippen LogP contribution in [0.3, 0.4) is 0 Å². The van der Waals surface area contributed by atoms with Gasteiger partial charge in [-0.3, -0.25) is 4.79 Å². The number of hydrogen-bond donors (Lipinski definition) is 0. The van der Waals surface area contributed by atoms with Crippen LogP contribution in [0.5, 0.6) is 0 Å². The van der Waals surface area contributed by atoms with Crippen LogP contribution in [-0.4, -0.2) is 55.5 Å². The average Bonchev–Trinajstić information content (AvgIpc) is 3.06. The number of benzene rings is 1. The molecule has 0 bridgehead atoms. The van der Waals surface area contributed by atoms with Gasteiger partial charge in [-0.15, -0.1) is 0 Å². The van der Waals surface area contributed by atoms with Crippen molar-refractivity contribution in [2.24, 2.45) is 5.41 Å². The van der Waals surface area contributed by atoms with Crippen molar-refractivity contribution in [3.05, 3.63) is 35.9 Å². The minimum absolute atomic E-state index is 0.109. The lowest BCUT2D eigenvalue weighted by Crippen LogP contribution is -2.50. The Hall–Kier alpha value is -1.40. The van der Waals surface area contributed by atoms with Crippen molar-refractivity contribution in [1.29, 1.82) is 0 Å². The molecule has 5 nitrogen and oxygen atoms in total. The Labute approximate surface area is 151 Å². The van der Waals surface area contributed by atoms with E-state index in [-0.39, 0.29) is 11.7 Å². The van der Waals surface area contributed by atoms with Crippen molar-refractivity contribution < 1.29 is 13.2 Å². The number of sulfonamides is 1. The smallest absolute Gasteiger partial charge is 0.230 e. The second-order valence-corrected chi connectivity index (χ2v) is 9.51. The largest absolute Gasteiger partial charge is 0.342 e. The Morgan fingerprint density at radius 1 is 1.12 bits per heavy atom. The molecule has 1 spiro atoms. The molecule has 0 aliphatic carbocycles. The lowest BCUT2D eigenvalue weighted by molar-refractivity contribution is -0.145. The van der Waals surface area contributed by atoms with Crippen LogP contribution in [0.15, 0.2) is 30.3 Å². The molecule has 0 unspecified atom stereocenters. The standard InChI is InChI=1S/C19H28N2O3S/c1-2-25(23,24)21-15-12-19(16-21)11-7-14-20(18(19)22)13-6-10-17-8-4-3-5-9-17/h3-5,8-9H,2,6-7,10-16H2,1H3/t19-/m0/s1. The Balaban J connectivity index is 1.60. The summed E-state index contributed by atoms with van der Waals surface area (Å²) < 4.78 is 25.8. The summed E-state index contributed by atoms with van der Waals surface area (Å²) in [4.78, 5) is 15.0. The molecule has 1 aromatic rings. The topological polar surface area (TPSA) is 57.7 Å². The molecule has 0 radical (unpaired) electrons. The van der Waals surface area contributed by atoms with Gasteiger partial charge in [0.2, 0.25) is 15.9 Å². The van der Waals surface area contributed by atoms with E-state index in [1.165, 1.54) is 9.87 Å². The highest BCUT2D eigenvalue weighted by Gasteiger charge is 2.50. The zero-order valence-electron chi connectivity index (χ0n) is 15.0. The van der Waals surface area contributed by atoms with Gasteiger partial charge in [-0.2, -0.15) is 0 Å². The van der Waals surface area contributed by atoms with Gasteiger partial charge in [-0.1, -0.05) is 30.3 Å². The monoisotopic (exact) mass is 364 g/mol. The van der Waals surface area contributed by atoms with Gasteiger partial charge >= 0.3 is 0 Å². The van der Waals surface area contributed by atoms with E-state index in [0.29, 0.717) is 19.5 Å². The summed E-state index contributed by atoms with van der Waals surface area (Å²) in [6.07, 6.45) is 4.37. The molecule has 2 fully saturated rings. The number of carbonyl (C=O) groups excluding carboxylic acids is 1. The predicted octanol–water partition coefficient (Wildman–Crippen LogP) is 2.28. The van der Waals surface area contributed by atoms with Crippen molar-refractivity contribution >= 4 is 15.9 Å². The molecule has 2 saturated heterocycles. The van der Waals surface area contributed by atoms with E-state index in [2.05, 4.69) is 12.1 Å². The van der Waals surface area contributed by atoms with Crippen LogP contribution in [0, 0.1) is 5.41 Å². The quantitative estimate of drug-likeness (QED) is 0.778. The summed E-state index contributed by atoms with van der Waals surface area (Å²) in [5, 5.41) is 0. The van der Waals surface area contributed by atoms with Crippen molar-refractivity contribution in [1.82, 2.24) is 9.21 Å². The van der Waals surface area contributed by atoms with E-state index in [1.54, 1.807) is 6.92 Å². The van der Waals surface area contributed by atoms with Crippen LogP contribution in [-0.2, 0) is 21.2 Å². The number of piperidine rings is 1. The normalized spacial score (nSPS) is 25.0. The minimum atomic E-state index is -3.20. The maximum Gasteiger partial charge on any atom is 0.230 e. The zero-order valence-corrected chi connectivity index (χ0v) is 15.8. The highest BCUT2D eigenvalue weighted by Crippen LogP contribution is 2.41. The number of amides is 1. The van der Waals surface area contributed by atoms with Gasteiger partial charge in [-0.25, -0.2) is 12.7 Å².